The summed E-state index contributed by atoms with van der Waals surface area (Å²) in [6, 6.07) is 1.90. The van der Waals surface area contributed by atoms with Crippen LogP contribution in [-0.2, 0) is 9.53 Å². The second kappa shape index (κ2) is 8.96. The molecule has 25 heavy (non-hydrogen) atoms. The van der Waals surface area contributed by atoms with Crippen LogP contribution in [0.1, 0.15) is 6.92 Å². The molecule has 1 atom stereocenters. The second-order valence-corrected chi connectivity index (χ2v) is 6.05. The van der Waals surface area contributed by atoms with Crippen LogP contribution in [0.15, 0.2) is 12.1 Å². The summed E-state index contributed by atoms with van der Waals surface area (Å²) in [6.45, 7) is 4.36. The molecule has 1 aliphatic heterocycles. The van der Waals surface area contributed by atoms with Crippen molar-refractivity contribution in [2.24, 2.45) is 0 Å². The second-order valence-electron chi connectivity index (χ2n) is 6.05. The van der Waals surface area contributed by atoms with Crippen molar-refractivity contribution in [1.82, 2.24) is 10.2 Å². The maximum absolute atomic E-state index is 14.3. The SMILES string of the molecule is CNC(C)C(=O)OCCOc1cc(F)c(N2CCN(C)CC2)c(F)c1. The van der Waals surface area contributed by atoms with Crippen LogP contribution in [0.25, 0.3) is 0 Å². The molecule has 0 radical (unpaired) electrons. The van der Waals surface area contributed by atoms with Crippen LogP contribution in [0.5, 0.6) is 5.75 Å². The van der Waals surface area contributed by atoms with Crippen LogP contribution in [-0.4, -0.2) is 70.4 Å². The Labute approximate surface area is 146 Å². The Kier molecular flexibility index (Phi) is 6.95. The van der Waals surface area contributed by atoms with Gasteiger partial charge in [0.25, 0.3) is 0 Å². The Morgan fingerprint density at radius 2 is 1.80 bits per heavy atom. The third-order valence-corrected chi connectivity index (χ3v) is 4.19. The predicted molar refractivity (Wildman–Crippen MR) is 91.0 cm³/mol. The zero-order chi connectivity index (χ0) is 18.4. The molecule has 0 amide bonds. The molecule has 1 aromatic rings. The highest BCUT2D eigenvalue weighted by molar-refractivity contribution is 5.75. The fourth-order valence-electron chi connectivity index (χ4n) is 2.50. The highest BCUT2D eigenvalue weighted by atomic mass is 19.1. The first-order chi connectivity index (χ1) is 11.9. The van der Waals surface area contributed by atoms with Crippen LogP contribution < -0.4 is 15.0 Å². The molecule has 1 N–H and O–H groups in total. The van der Waals surface area contributed by atoms with Gasteiger partial charge >= 0.3 is 5.97 Å². The van der Waals surface area contributed by atoms with Crippen molar-refractivity contribution in [3.8, 4) is 5.75 Å². The van der Waals surface area contributed by atoms with E-state index in [1.165, 1.54) is 0 Å². The molecule has 1 unspecified atom stereocenters. The summed E-state index contributed by atoms with van der Waals surface area (Å²) in [5.41, 5.74) is -0.0188. The fourth-order valence-corrected chi connectivity index (χ4v) is 2.50. The van der Waals surface area contributed by atoms with Crippen molar-refractivity contribution in [3.63, 3.8) is 0 Å². The number of ether oxygens (including phenoxy) is 2. The summed E-state index contributed by atoms with van der Waals surface area (Å²) in [7, 11) is 3.63. The van der Waals surface area contributed by atoms with Crippen LogP contribution in [0.2, 0.25) is 0 Å². The normalized spacial score (nSPS) is 16.6. The van der Waals surface area contributed by atoms with Crippen molar-refractivity contribution in [2.75, 3.05) is 58.4 Å². The van der Waals surface area contributed by atoms with Gasteiger partial charge in [0.2, 0.25) is 0 Å². The van der Waals surface area contributed by atoms with Crippen LogP contribution in [0.3, 0.4) is 0 Å². The molecular weight excluding hydrogens is 332 g/mol. The lowest BCUT2D eigenvalue weighted by atomic mass is 10.2. The average molecular weight is 357 g/mol. The molecule has 1 aliphatic rings. The van der Waals surface area contributed by atoms with Crippen molar-refractivity contribution < 1.29 is 23.0 Å². The summed E-state index contributed by atoms with van der Waals surface area (Å²) < 4.78 is 38.9. The topological polar surface area (TPSA) is 54.0 Å². The number of nitrogens with zero attached hydrogens (tertiary/aromatic N) is 2. The number of piperazine rings is 1. The molecule has 1 saturated heterocycles. The number of anilines is 1. The van der Waals surface area contributed by atoms with Gasteiger partial charge in [0.05, 0.1) is 0 Å². The van der Waals surface area contributed by atoms with E-state index in [2.05, 4.69) is 10.2 Å². The molecule has 0 spiro atoms. The third-order valence-electron chi connectivity index (χ3n) is 4.19. The highest BCUT2D eigenvalue weighted by Crippen LogP contribution is 2.29. The lowest BCUT2D eigenvalue weighted by Crippen LogP contribution is -2.45. The molecule has 0 bridgehead atoms. The molecule has 8 heteroatoms. The lowest BCUT2D eigenvalue weighted by molar-refractivity contribution is -0.146. The average Bonchev–Trinajstić information content (AvgIpc) is 2.58. The van der Waals surface area contributed by atoms with Crippen molar-refractivity contribution in [3.05, 3.63) is 23.8 Å². The molecule has 6 nitrogen and oxygen atoms in total. The van der Waals surface area contributed by atoms with Crippen molar-refractivity contribution in [2.45, 2.75) is 13.0 Å². The first kappa shape index (κ1) is 19.4. The number of carbonyl (C=O) groups is 1. The van der Waals surface area contributed by atoms with E-state index in [9.17, 15) is 13.6 Å². The maximum atomic E-state index is 14.3. The van der Waals surface area contributed by atoms with Gasteiger partial charge in [-0.2, -0.15) is 0 Å². The Bertz CT molecular complexity index is 569. The molecule has 0 aromatic heterocycles. The predicted octanol–water partition coefficient (Wildman–Crippen LogP) is 1.25. The monoisotopic (exact) mass is 357 g/mol. The van der Waals surface area contributed by atoms with Gasteiger partial charge in [0, 0.05) is 38.3 Å². The van der Waals surface area contributed by atoms with E-state index in [-0.39, 0.29) is 24.7 Å². The first-order valence-electron chi connectivity index (χ1n) is 8.31. The summed E-state index contributed by atoms with van der Waals surface area (Å²) in [5, 5.41) is 2.76. The van der Waals surface area contributed by atoms with Gasteiger partial charge in [-0.3, -0.25) is 4.79 Å². The van der Waals surface area contributed by atoms with E-state index >= 15 is 0 Å². The Hall–Kier alpha value is -1.93. The lowest BCUT2D eigenvalue weighted by Gasteiger charge is -2.34. The number of hydrogen-bond donors (Lipinski definition) is 1. The molecule has 140 valence electrons. The molecule has 1 heterocycles. The number of benzene rings is 1. The van der Waals surface area contributed by atoms with E-state index < -0.39 is 23.6 Å². The van der Waals surface area contributed by atoms with Crippen LogP contribution >= 0.6 is 0 Å². The van der Waals surface area contributed by atoms with Gasteiger partial charge < -0.3 is 24.6 Å². The molecular formula is C17H25F2N3O3. The number of hydrogen-bond acceptors (Lipinski definition) is 6. The minimum absolute atomic E-state index is 0.00824. The number of nitrogens with one attached hydrogen (secondary N) is 1. The summed E-state index contributed by atoms with van der Waals surface area (Å²) in [5.74, 6) is -1.64. The van der Waals surface area contributed by atoms with E-state index in [4.69, 9.17) is 9.47 Å². The standard InChI is InChI=1S/C17H25F2N3O3/c1-12(20-2)17(23)25-9-8-24-13-10-14(18)16(15(19)11-13)22-6-4-21(3)5-7-22/h10-12,20H,4-9H2,1-3H3. The number of carbonyl (C=O) groups excluding carboxylic acids is 1. The zero-order valence-corrected chi connectivity index (χ0v) is 14.8. The largest absolute Gasteiger partial charge is 0.490 e. The maximum Gasteiger partial charge on any atom is 0.322 e. The van der Waals surface area contributed by atoms with Crippen molar-refractivity contribution >= 4 is 11.7 Å². The Morgan fingerprint density at radius 3 is 2.36 bits per heavy atom. The summed E-state index contributed by atoms with van der Waals surface area (Å²) in [6.07, 6.45) is 0. The molecule has 2 rings (SSSR count). The van der Waals surface area contributed by atoms with E-state index in [0.717, 1.165) is 25.2 Å². The summed E-state index contributed by atoms with van der Waals surface area (Å²) >= 11 is 0. The number of rotatable bonds is 7. The van der Waals surface area contributed by atoms with Gasteiger partial charge in [-0.25, -0.2) is 8.78 Å². The van der Waals surface area contributed by atoms with Gasteiger partial charge in [-0.15, -0.1) is 0 Å². The van der Waals surface area contributed by atoms with Crippen LogP contribution in [0, 0.1) is 11.6 Å². The molecule has 1 fully saturated rings. The van der Waals surface area contributed by atoms with Crippen molar-refractivity contribution in [1.29, 1.82) is 0 Å². The van der Waals surface area contributed by atoms with Gasteiger partial charge in [-0.05, 0) is 21.0 Å². The smallest absolute Gasteiger partial charge is 0.322 e. The molecule has 1 aromatic carbocycles. The zero-order valence-electron chi connectivity index (χ0n) is 14.8. The minimum Gasteiger partial charge on any atom is -0.490 e. The van der Waals surface area contributed by atoms with E-state index in [1.54, 1.807) is 18.9 Å². The van der Waals surface area contributed by atoms with Gasteiger partial charge in [0.1, 0.15) is 30.7 Å². The first-order valence-corrected chi connectivity index (χ1v) is 8.31. The highest BCUT2D eigenvalue weighted by Gasteiger charge is 2.22. The molecule has 0 saturated carbocycles. The quantitative estimate of drug-likeness (QED) is 0.586. The Morgan fingerprint density at radius 1 is 1.20 bits per heavy atom. The molecule has 0 aliphatic carbocycles. The number of halogens is 2. The van der Waals surface area contributed by atoms with Gasteiger partial charge in [-0.1, -0.05) is 0 Å². The number of esters is 1. The van der Waals surface area contributed by atoms with Crippen LogP contribution in [0.4, 0.5) is 14.5 Å². The fraction of sp³-hybridized carbons (Fsp3) is 0.588. The van der Waals surface area contributed by atoms with Gasteiger partial charge in [0.15, 0.2) is 11.6 Å². The van der Waals surface area contributed by atoms with E-state index in [1.807, 2.05) is 7.05 Å². The third kappa shape index (κ3) is 5.27. The number of likely N-dealkylation sites (N-methyl/N-ethyl adjacent to an activating group) is 2. The Balaban J connectivity index is 1.90. The van der Waals surface area contributed by atoms with E-state index in [0.29, 0.717) is 13.1 Å². The minimum atomic E-state index is -0.652. The summed E-state index contributed by atoms with van der Waals surface area (Å²) in [4.78, 5) is 15.3.